The van der Waals surface area contributed by atoms with Crippen LogP contribution in [0.15, 0.2) is 37.8 Å². The Kier molecular flexibility index (Phi) is 7.68. The zero-order valence-corrected chi connectivity index (χ0v) is 9.06. The molecule has 0 heterocycles. The lowest BCUT2D eigenvalue weighted by atomic mass is 9.79. The first-order valence-corrected chi connectivity index (χ1v) is 4.98. The van der Waals surface area contributed by atoms with Gasteiger partial charge in [0.15, 0.2) is 0 Å². The number of ether oxygens (including phenoxy) is 1. The summed E-state index contributed by atoms with van der Waals surface area (Å²) in [5.41, 5.74) is -0.214. The Labute approximate surface area is 91.4 Å². The first kappa shape index (κ1) is 13.9. The molecule has 0 unspecified atom stereocenters. The maximum Gasteiger partial charge on any atom is 0.0829 e. The number of allylic oxidation sites excluding steroid dienone is 2. The molecule has 3 heteroatoms. The summed E-state index contributed by atoms with van der Waals surface area (Å²) in [5.74, 6) is 0. The van der Waals surface area contributed by atoms with Gasteiger partial charge in [-0.2, -0.15) is 0 Å². The van der Waals surface area contributed by atoms with Gasteiger partial charge in [0.2, 0.25) is 0 Å². The van der Waals surface area contributed by atoms with Crippen molar-refractivity contribution < 1.29 is 14.9 Å². The Morgan fingerprint density at radius 1 is 1.20 bits per heavy atom. The summed E-state index contributed by atoms with van der Waals surface area (Å²) in [6.07, 6.45) is 9.48. The maximum atomic E-state index is 8.95. The third-order valence-corrected chi connectivity index (χ3v) is 2.42. The maximum absolute atomic E-state index is 8.95. The summed E-state index contributed by atoms with van der Waals surface area (Å²) in [4.78, 5) is 0. The molecule has 0 aliphatic heterocycles. The number of hydrogen-bond donors (Lipinski definition) is 2. The van der Waals surface area contributed by atoms with Gasteiger partial charge in [-0.1, -0.05) is 25.3 Å². The second-order valence-corrected chi connectivity index (χ2v) is 3.50. The molecule has 0 atom stereocenters. The molecule has 1 aliphatic rings. The standard InChI is InChI=1S/C8H14O2.C4H6O/c9-6-8(7-10)4-2-1-3-5-8;1-3-5-4-2/h1-2,9-10H,3-7H2;3-4H,1-2H2. The number of aliphatic hydroxyl groups is 2. The van der Waals surface area contributed by atoms with Crippen molar-refractivity contribution >= 4 is 0 Å². The van der Waals surface area contributed by atoms with Gasteiger partial charge in [-0.15, -0.1) is 0 Å². The van der Waals surface area contributed by atoms with Crippen molar-refractivity contribution in [1.82, 2.24) is 0 Å². The van der Waals surface area contributed by atoms with Gasteiger partial charge in [0, 0.05) is 5.41 Å². The van der Waals surface area contributed by atoms with Gasteiger partial charge in [-0.25, -0.2) is 0 Å². The van der Waals surface area contributed by atoms with Crippen LogP contribution in [-0.2, 0) is 4.74 Å². The molecule has 15 heavy (non-hydrogen) atoms. The molecule has 0 spiro atoms. The molecule has 0 saturated heterocycles. The molecule has 0 aromatic carbocycles. The van der Waals surface area contributed by atoms with Crippen LogP contribution in [0.25, 0.3) is 0 Å². The van der Waals surface area contributed by atoms with Crippen LogP contribution in [0.3, 0.4) is 0 Å². The quantitative estimate of drug-likeness (QED) is 0.553. The molecule has 0 amide bonds. The van der Waals surface area contributed by atoms with Gasteiger partial charge in [0.05, 0.1) is 25.7 Å². The van der Waals surface area contributed by atoms with E-state index in [-0.39, 0.29) is 18.6 Å². The van der Waals surface area contributed by atoms with E-state index in [9.17, 15) is 0 Å². The molecule has 0 bridgehead atoms. The minimum Gasteiger partial charge on any atom is -0.474 e. The van der Waals surface area contributed by atoms with Crippen LogP contribution >= 0.6 is 0 Å². The molecule has 86 valence electrons. The van der Waals surface area contributed by atoms with Crippen molar-refractivity contribution in [3.05, 3.63) is 37.8 Å². The van der Waals surface area contributed by atoms with Crippen LogP contribution in [0.1, 0.15) is 19.3 Å². The minimum atomic E-state index is -0.214. The van der Waals surface area contributed by atoms with Gasteiger partial charge >= 0.3 is 0 Å². The van der Waals surface area contributed by atoms with Crippen molar-refractivity contribution in [3.63, 3.8) is 0 Å². The molecule has 2 N–H and O–H groups in total. The van der Waals surface area contributed by atoms with Crippen molar-refractivity contribution in [2.75, 3.05) is 13.2 Å². The molecule has 0 fully saturated rings. The summed E-state index contributed by atoms with van der Waals surface area (Å²) >= 11 is 0. The fraction of sp³-hybridized carbons (Fsp3) is 0.500. The topological polar surface area (TPSA) is 49.7 Å². The molecular weight excluding hydrogens is 192 g/mol. The largest absolute Gasteiger partial charge is 0.474 e. The van der Waals surface area contributed by atoms with Crippen LogP contribution in [0, 0.1) is 5.41 Å². The third kappa shape index (κ3) is 5.40. The fourth-order valence-electron chi connectivity index (χ4n) is 1.35. The summed E-state index contributed by atoms with van der Waals surface area (Å²) in [5, 5.41) is 17.9. The van der Waals surface area contributed by atoms with Crippen molar-refractivity contribution in [2.24, 2.45) is 5.41 Å². The Hall–Kier alpha value is -1.06. The van der Waals surface area contributed by atoms with Crippen LogP contribution < -0.4 is 0 Å². The van der Waals surface area contributed by atoms with Gasteiger partial charge in [0.1, 0.15) is 0 Å². The Morgan fingerprint density at radius 3 is 2.00 bits per heavy atom. The number of hydrogen-bond acceptors (Lipinski definition) is 3. The first-order valence-electron chi connectivity index (χ1n) is 4.98. The molecule has 0 saturated carbocycles. The van der Waals surface area contributed by atoms with Gasteiger partial charge in [-0.3, -0.25) is 0 Å². The lowest BCUT2D eigenvalue weighted by Crippen LogP contribution is -2.30. The lowest BCUT2D eigenvalue weighted by Gasteiger charge is -2.30. The second-order valence-electron chi connectivity index (χ2n) is 3.50. The van der Waals surface area contributed by atoms with Crippen LogP contribution in [0.2, 0.25) is 0 Å². The van der Waals surface area contributed by atoms with Crippen LogP contribution in [0.5, 0.6) is 0 Å². The normalized spacial score (nSPS) is 17.2. The monoisotopic (exact) mass is 212 g/mol. The van der Waals surface area contributed by atoms with Crippen LogP contribution in [-0.4, -0.2) is 23.4 Å². The van der Waals surface area contributed by atoms with E-state index in [1.165, 1.54) is 12.5 Å². The Morgan fingerprint density at radius 2 is 1.80 bits per heavy atom. The Balaban J connectivity index is 0.000000336. The fourth-order valence-corrected chi connectivity index (χ4v) is 1.35. The van der Waals surface area contributed by atoms with Gasteiger partial charge in [-0.05, 0) is 19.3 Å². The summed E-state index contributed by atoms with van der Waals surface area (Å²) in [6, 6.07) is 0. The number of aliphatic hydroxyl groups excluding tert-OH is 2. The molecule has 0 aromatic rings. The van der Waals surface area contributed by atoms with E-state index in [0.29, 0.717) is 0 Å². The second kappa shape index (κ2) is 8.26. The SMILES string of the molecule is C=COC=C.OCC1(CO)CC=CCC1. The van der Waals surface area contributed by atoms with E-state index in [1.54, 1.807) is 0 Å². The molecule has 0 radical (unpaired) electrons. The summed E-state index contributed by atoms with van der Waals surface area (Å²) in [7, 11) is 0. The van der Waals surface area contributed by atoms with E-state index in [4.69, 9.17) is 10.2 Å². The van der Waals surface area contributed by atoms with Crippen molar-refractivity contribution in [2.45, 2.75) is 19.3 Å². The van der Waals surface area contributed by atoms with E-state index in [2.05, 4.69) is 24.0 Å². The van der Waals surface area contributed by atoms with Crippen molar-refractivity contribution in [1.29, 1.82) is 0 Å². The lowest BCUT2D eigenvalue weighted by molar-refractivity contribution is 0.0471. The molecule has 1 rings (SSSR count). The predicted molar refractivity (Wildman–Crippen MR) is 61.1 cm³/mol. The molecular formula is C12H20O3. The highest BCUT2D eigenvalue weighted by Crippen LogP contribution is 2.31. The Bertz CT molecular complexity index is 199. The highest BCUT2D eigenvalue weighted by Gasteiger charge is 2.28. The van der Waals surface area contributed by atoms with E-state index in [0.717, 1.165) is 19.3 Å². The van der Waals surface area contributed by atoms with E-state index in [1.807, 2.05) is 6.08 Å². The zero-order chi connectivity index (χ0) is 11.6. The van der Waals surface area contributed by atoms with E-state index < -0.39 is 0 Å². The van der Waals surface area contributed by atoms with Gasteiger partial charge in [0.25, 0.3) is 0 Å². The first-order chi connectivity index (χ1) is 7.24. The molecule has 0 aromatic heterocycles. The summed E-state index contributed by atoms with van der Waals surface area (Å²) in [6.45, 7) is 6.72. The molecule has 3 nitrogen and oxygen atoms in total. The molecule has 1 aliphatic carbocycles. The highest BCUT2D eigenvalue weighted by atomic mass is 16.5. The smallest absolute Gasteiger partial charge is 0.0829 e. The van der Waals surface area contributed by atoms with Crippen molar-refractivity contribution in [3.8, 4) is 0 Å². The highest BCUT2D eigenvalue weighted by molar-refractivity contribution is 4.97. The predicted octanol–water partition coefficient (Wildman–Crippen LogP) is 1.99. The van der Waals surface area contributed by atoms with Crippen LogP contribution in [0.4, 0.5) is 0 Å². The summed E-state index contributed by atoms with van der Waals surface area (Å²) < 4.78 is 4.36. The minimum absolute atomic E-state index is 0.105. The van der Waals surface area contributed by atoms with E-state index >= 15 is 0 Å². The van der Waals surface area contributed by atoms with Gasteiger partial charge < -0.3 is 14.9 Å². The number of rotatable bonds is 4. The third-order valence-electron chi connectivity index (χ3n) is 2.42. The average Bonchev–Trinajstić information content (AvgIpc) is 2.32. The zero-order valence-electron chi connectivity index (χ0n) is 9.06. The average molecular weight is 212 g/mol.